The number of benzene rings is 1. The molecule has 1 saturated heterocycles. The maximum absolute atomic E-state index is 13.6. The molecule has 18 heavy (non-hydrogen) atoms. The number of nitrogens with one attached hydrogen (secondary N) is 1. The molecule has 0 bridgehead atoms. The molecule has 2 N–H and O–H groups in total. The van der Waals surface area contributed by atoms with Crippen LogP contribution in [0.15, 0.2) is 12.1 Å². The number of hydrogen-bond donors (Lipinski definition) is 2. The zero-order valence-electron chi connectivity index (χ0n) is 8.71. The Bertz CT molecular complexity index is 487. The van der Waals surface area contributed by atoms with Crippen molar-refractivity contribution in [2.75, 3.05) is 6.61 Å². The quantitative estimate of drug-likeness (QED) is 0.837. The third-order valence-electron chi connectivity index (χ3n) is 2.44. The van der Waals surface area contributed by atoms with Crippen LogP contribution < -0.4 is 5.32 Å². The third kappa shape index (κ3) is 2.30. The molecule has 0 spiro atoms. The first-order chi connectivity index (χ1) is 8.31. The van der Waals surface area contributed by atoms with Crippen molar-refractivity contribution in [3.63, 3.8) is 0 Å². The van der Waals surface area contributed by atoms with Crippen LogP contribution in [-0.2, 0) is 4.74 Å². The van der Waals surface area contributed by atoms with Gasteiger partial charge in [0.25, 0.3) is 0 Å². The minimum Gasteiger partial charge on any atom is -0.507 e. The van der Waals surface area contributed by atoms with Gasteiger partial charge in [-0.1, -0.05) is 23.2 Å². The molecule has 1 aromatic rings. The van der Waals surface area contributed by atoms with Gasteiger partial charge in [0.1, 0.15) is 11.8 Å². The summed E-state index contributed by atoms with van der Waals surface area (Å²) in [7, 11) is 0. The van der Waals surface area contributed by atoms with Crippen molar-refractivity contribution in [1.29, 1.82) is 0 Å². The van der Waals surface area contributed by atoms with Crippen molar-refractivity contribution >= 4 is 29.3 Å². The van der Waals surface area contributed by atoms with E-state index in [2.05, 4.69) is 4.74 Å². The van der Waals surface area contributed by atoms with Gasteiger partial charge in [-0.2, -0.15) is 0 Å². The van der Waals surface area contributed by atoms with Crippen LogP contribution in [0.1, 0.15) is 11.6 Å². The molecule has 0 saturated carbocycles. The Morgan fingerprint density at radius 3 is 2.72 bits per heavy atom. The van der Waals surface area contributed by atoms with E-state index in [0.717, 1.165) is 6.07 Å². The number of ether oxygens (including phenoxy) is 1. The van der Waals surface area contributed by atoms with E-state index in [4.69, 9.17) is 23.2 Å². The lowest BCUT2D eigenvalue weighted by Gasteiger charge is -2.32. The number of phenols is 1. The Kier molecular flexibility index (Phi) is 3.25. The van der Waals surface area contributed by atoms with Gasteiger partial charge in [0, 0.05) is 10.6 Å². The van der Waals surface area contributed by atoms with Crippen LogP contribution in [0.3, 0.4) is 0 Å². The van der Waals surface area contributed by atoms with Crippen molar-refractivity contribution in [3.8, 4) is 5.75 Å². The summed E-state index contributed by atoms with van der Waals surface area (Å²) >= 11 is 11.4. The van der Waals surface area contributed by atoms with E-state index in [1.165, 1.54) is 6.07 Å². The second-order valence-corrected chi connectivity index (χ2v) is 4.58. The molecule has 1 aromatic carbocycles. The Labute approximate surface area is 110 Å². The highest BCUT2D eigenvalue weighted by atomic mass is 35.5. The average Bonchev–Trinajstić information content (AvgIpc) is 2.22. The maximum atomic E-state index is 13.6. The highest BCUT2D eigenvalue weighted by Gasteiger charge is 2.48. The van der Waals surface area contributed by atoms with Gasteiger partial charge in [0.2, 0.25) is 0 Å². The Hall–Kier alpha value is -1.27. The number of halogens is 4. The lowest BCUT2D eigenvalue weighted by atomic mass is 9.99. The number of carbonyl (C=O) groups is 1. The molecule has 0 aromatic heterocycles. The zero-order valence-corrected chi connectivity index (χ0v) is 10.2. The summed E-state index contributed by atoms with van der Waals surface area (Å²) < 4.78 is 31.5. The number of aromatic hydroxyl groups is 1. The van der Waals surface area contributed by atoms with E-state index in [9.17, 15) is 18.7 Å². The SMILES string of the molecule is O=C1N[C@@H](c2c(O)cc(Cl)cc2Cl)C(F)(F)CO1. The standard InChI is InChI=1S/C10H7Cl2F2NO3/c11-4-1-5(12)7(6(16)2-4)8-10(13,14)3-18-9(17)15-8/h1-2,8,16H,3H2,(H,15,17)/t8-/m0/s1. The number of amides is 1. The second kappa shape index (κ2) is 4.44. The molecular weight excluding hydrogens is 291 g/mol. The smallest absolute Gasteiger partial charge is 0.408 e. The molecule has 98 valence electrons. The molecule has 1 atom stereocenters. The van der Waals surface area contributed by atoms with Gasteiger partial charge in [-0.15, -0.1) is 0 Å². The second-order valence-electron chi connectivity index (χ2n) is 3.73. The highest BCUT2D eigenvalue weighted by molar-refractivity contribution is 6.35. The zero-order chi connectivity index (χ0) is 13.5. The molecule has 8 heteroatoms. The first kappa shape index (κ1) is 13.2. The van der Waals surface area contributed by atoms with Crippen LogP contribution in [0.25, 0.3) is 0 Å². The lowest BCUT2D eigenvalue weighted by Crippen LogP contribution is -2.49. The van der Waals surface area contributed by atoms with Crippen molar-refractivity contribution in [1.82, 2.24) is 5.32 Å². The predicted molar refractivity (Wildman–Crippen MR) is 60.3 cm³/mol. The van der Waals surface area contributed by atoms with Gasteiger partial charge >= 0.3 is 12.0 Å². The summed E-state index contributed by atoms with van der Waals surface area (Å²) in [6.07, 6.45) is -1.00. The Morgan fingerprint density at radius 1 is 1.44 bits per heavy atom. The van der Waals surface area contributed by atoms with Crippen LogP contribution in [0.4, 0.5) is 13.6 Å². The predicted octanol–water partition coefficient (Wildman–Crippen LogP) is 3.12. The van der Waals surface area contributed by atoms with Crippen molar-refractivity contribution in [3.05, 3.63) is 27.7 Å². The molecular formula is C10H7Cl2F2NO3. The van der Waals surface area contributed by atoms with Crippen molar-refractivity contribution < 1.29 is 23.4 Å². The van der Waals surface area contributed by atoms with E-state index in [1.54, 1.807) is 0 Å². The van der Waals surface area contributed by atoms with E-state index in [1.807, 2.05) is 5.32 Å². The van der Waals surface area contributed by atoms with Crippen LogP contribution in [0, 0.1) is 0 Å². The lowest BCUT2D eigenvalue weighted by molar-refractivity contribution is -0.104. The van der Waals surface area contributed by atoms with Gasteiger partial charge in [0.15, 0.2) is 6.61 Å². The molecule has 2 rings (SSSR count). The van der Waals surface area contributed by atoms with Gasteiger partial charge in [-0.05, 0) is 12.1 Å². The minimum atomic E-state index is -3.39. The summed E-state index contributed by atoms with van der Waals surface area (Å²) in [4.78, 5) is 11.0. The van der Waals surface area contributed by atoms with Gasteiger partial charge in [-0.25, -0.2) is 13.6 Å². The summed E-state index contributed by atoms with van der Waals surface area (Å²) in [6, 6.07) is 0.514. The molecule has 0 radical (unpaired) electrons. The summed E-state index contributed by atoms with van der Waals surface area (Å²) in [5.74, 6) is -3.90. The highest BCUT2D eigenvalue weighted by Crippen LogP contribution is 2.42. The number of carbonyl (C=O) groups excluding carboxylic acids is 1. The summed E-state index contributed by atoms with van der Waals surface area (Å²) in [5, 5.41) is 11.5. The molecule has 1 aliphatic rings. The molecule has 1 amide bonds. The molecule has 1 heterocycles. The summed E-state index contributed by atoms with van der Waals surface area (Å²) in [6.45, 7) is -1.08. The average molecular weight is 298 g/mol. The monoisotopic (exact) mass is 297 g/mol. The fourth-order valence-electron chi connectivity index (χ4n) is 1.65. The molecule has 0 aliphatic carbocycles. The Balaban J connectivity index is 2.49. The molecule has 1 aliphatic heterocycles. The molecule has 0 unspecified atom stereocenters. The topological polar surface area (TPSA) is 58.6 Å². The van der Waals surface area contributed by atoms with E-state index >= 15 is 0 Å². The first-order valence-corrected chi connectivity index (χ1v) is 5.56. The van der Waals surface area contributed by atoms with Crippen LogP contribution >= 0.6 is 23.2 Å². The first-order valence-electron chi connectivity index (χ1n) is 4.80. The Morgan fingerprint density at radius 2 is 2.11 bits per heavy atom. The summed E-state index contributed by atoms with van der Waals surface area (Å²) in [5.41, 5.74) is -0.289. The number of cyclic esters (lactones) is 1. The minimum absolute atomic E-state index is 0.1000. The number of phenolic OH excluding ortho intramolecular Hbond substituents is 1. The fourth-order valence-corrected chi connectivity index (χ4v) is 2.24. The maximum Gasteiger partial charge on any atom is 0.408 e. The number of rotatable bonds is 1. The molecule has 4 nitrogen and oxygen atoms in total. The van der Waals surface area contributed by atoms with E-state index < -0.39 is 30.4 Å². The van der Waals surface area contributed by atoms with Gasteiger partial charge < -0.3 is 15.2 Å². The largest absolute Gasteiger partial charge is 0.507 e. The number of hydrogen-bond acceptors (Lipinski definition) is 3. The normalized spacial score (nSPS) is 22.2. The van der Waals surface area contributed by atoms with E-state index in [0.29, 0.717) is 0 Å². The van der Waals surface area contributed by atoms with Gasteiger partial charge in [0.05, 0.1) is 5.02 Å². The van der Waals surface area contributed by atoms with Crippen molar-refractivity contribution in [2.24, 2.45) is 0 Å². The van der Waals surface area contributed by atoms with Crippen molar-refractivity contribution in [2.45, 2.75) is 12.0 Å². The number of alkyl halides is 2. The van der Waals surface area contributed by atoms with Crippen LogP contribution in [0.5, 0.6) is 5.75 Å². The van der Waals surface area contributed by atoms with Crippen LogP contribution in [-0.4, -0.2) is 23.7 Å². The number of alkyl carbamates (subject to hydrolysis) is 1. The third-order valence-corrected chi connectivity index (χ3v) is 2.97. The van der Waals surface area contributed by atoms with Gasteiger partial charge in [-0.3, -0.25) is 0 Å². The molecule has 1 fully saturated rings. The fraction of sp³-hybridized carbons (Fsp3) is 0.300. The van der Waals surface area contributed by atoms with E-state index in [-0.39, 0.29) is 15.6 Å². The van der Waals surface area contributed by atoms with Crippen LogP contribution in [0.2, 0.25) is 10.0 Å².